The Morgan fingerprint density at radius 3 is 2.53 bits per heavy atom. The van der Waals surface area contributed by atoms with Crippen molar-refractivity contribution in [2.75, 3.05) is 12.3 Å². The lowest BCUT2D eigenvalue weighted by Gasteiger charge is -2.12. The van der Waals surface area contributed by atoms with Gasteiger partial charge in [0.25, 0.3) is 0 Å². The molecule has 19 heavy (non-hydrogen) atoms. The molecule has 0 spiro atoms. The minimum Gasteiger partial charge on any atom is -0.493 e. The second-order valence-electron chi connectivity index (χ2n) is 4.31. The number of nitrogens with one attached hydrogen (secondary N) is 1. The Hall–Kier alpha value is -2.24. The third-order valence-corrected chi connectivity index (χ3v) is 2.39. The van der Waals surface area contributed by atoms with Crippen molar-refractivity contribution in [3.63, 3.8) is 0 Å². The maximum absolute atomic E-state index is 11.5. The van der Waals surface area contributed by atoms with Gasteiger partial charge in [-0.3, -0.25) is 9.59 Å². The smallest absolute Gasteiger partial charge is 0.223 e. The number of ether oxygens (including phenoxy) is 1. The van der Waals surface area contributed by atoms with E-state index in [0.717, 1.165) is 0 Å². The highest BCUT2D eigenvalue weighted by Crippen LogP contribution is 2.13. The van der Waals surface area contributed by atoms with E-state index in [4.69, 9.17) is 16.2 Å². The molecule has 6 nitrogen and oxygen atoms in total. The van der Waals surface area contributed by atoms with E-state index in [-0.39, 0.29) is 31.4 Å². The van der Waals surface area contributed by atoms with Gasteiger partial charge in [0.1, 0.15) is 5.75 Å². The molecule has 1 aromatic carbocycles. The molecule has 104 valence electrons. The van der Waals surface area contributed by atoms with Crippen LogP contribution in [-0.4, -0.2) is 24.5 Å². The van der Waals surface area contributed by atoms with Crippen LogP contribution in [0.2, 0.25) is 0 Å². The number of primary amides is 1. The Morgan fingerprint density at radius 2 is 1.95 bits per heavy atom. The summed E-state index contributed by atoms with van der Waals surface area (Å²) in [5.41, 5.74) is 11.2. The monoisotopic (exact) mass is 265 g/mol. The molecule has 0 aliphatic carbocycles. The number of carbonyl (C=O) groups is 2. The van der Waals surface area contributed by atoms with Gasteiger partial charge in [0.05, 0.1) is 13.0 Å². The van der Waals surface area contributed by atoms with Crippen molar-refractivity contribution < 1.29 is 14.3 Å². The summed E-state index contributed by atoms with van der Waals surface area (Å²) in [5, 5.41) is 2.67. The van der Waals surface area contributed by atoms with Crippen LogP contribution in [0.5, 0.6) is 5.75 Å². The van der Waals surface area contributed by atoms with Crippen molar-refractivity contribution in [2.24, 2.45) is 5.73 Å². The topological polar surface area (TPSA) is 107 Å². The summed E-state index contributed by atoms with van der Waals surface area (Å²) in [5.74, 6) is 0.0438. The molecule has 2 amide bonds. The minimum absolute atomic E-state index is 0.130. The van der Waals surface area contributed by atoms with Gasteiger partial charge >= 0.3 is 0 Å². The van der Waals surface area contributed by atoms with Crippen LogP contribution < -0.4 is 21.5 Å². The summed E-state index contributed by atoms with van der Waals surface area (Å²) in [6, 6.07) is 6.67. The second-order valence-corrected chi connectivity index (χ2v) is 4.31. The molecule has 0 saturated heterocycles. The number of carbonyl (C=O) groups excluding carboxylic acids is 2. The second kappa shape index (κ2) is 7.25. The average Bonchev–Trinajstić information content (AvgIpc) is 2.30. The molecule has 1 unspecified atom stereocenters. The van der Waals surface area contributed by atoms with E-state index in [2.05, 4.69) is 5.32 Å². The lowest BCUT2D eigenvalue weighted by Crippen LogP contribution is -2.36. The van der Waals surface area contributed by atoms with E-state index in [1.165, 1.54) is 0 Å². The van der Waals surface area contributed by atoms with Crippen LogP contribution in [0.1, 0.15) is 19.8 Å². The molecule has 1 atom stereocenters. The van der Waals surface area contributed by atoms with Gasteiger partial charge in [0, 0.05) is 18.2 Å². The number of benzene rings is 1. The molecular formula is C13H19N3O3. The lowest BCUT2D eigenvalue weighted by atomic mass is 10.2. The van der Waals surface area contributed by atoms with Crippen molar-refractivity contribution in [3.8, 4) is 5.75 Å². The molecule has 1 rings (SSSR count). The molecule has 0 aromatic heterocycles. The maximum Gasteiger partial charge on any atom is 0.223 e. The summed E-state index contributed by atoms with van der Waals surface area (Å²) in [6.07, 6.45) is 0.345. The molecule has 0 radical (unpaired) electrons. The van der Waals surface area contributed by atoms with Gasteiger partial charge in [-0.25, -0.2) is 0 Å². The highest BCUT2D eigenvalue weighted by Gasteiger charge is 2.09. The third-order valence-electron chi connectivity index (χ3n) is 2.39. The molecule has 5 N–H and O–H groups in total. The van der Waals surface area contributed by atoms with Crippen LogP contribution in [0.15, 0.2) is 24.3 Å². The van der Waals surface area contributed by atoms with Crippen LogP contribution in [0.3, 0.4) is 0 Å². The van der Waals surface area contributed by atoms with Crippen molar-refractivity contribution in [2.45, 2.75) is 25.8 Å². The first-order valence-electron chi connectivity index (χ1n) is 6.03. The first-order valence-corrected chi connectivity index (χ1v) is 6.03. The molecule has 0 aliphatic heterocycles. The van der Waals surface area contributed by atoms with E-state index in [0.29, 0.717) is 11.4 Å². The fraction of sp³-hybridized carbons (Fsp3) is 0.385. The minimum atomic E-state index is -0.439. The Bertz CT molecular complexity index is 431. The van der Waals surface area contributed by atoms with Crippen LogP contribution in [0.25, 0.3) is 0 Å². The molecule has 0 fully saturated rings. The van der Waals surface area contributed by atoms with E-state index in [9.17, 15) is 9.59 Å². The zero-order chi connectivity index (χ0) is 14.3. The summed E-state index contributed by atoms with van der Waals surface area (Å²) < 4.78 is 5.39. The van der Waals surface area contributed by atoms with Crippen LogP contribution in [0, 0.1) is 0 Å². The number of rotatable bonds is 7. The Kier molecular flexibility index (Phi) is 5.66. The van der Waals surface area contributed by atoms with E-state index >= 15 is 0 Å². The fourth-order valence-corrected chi connectivity index (χ4v) is 1.53. The molecule has 1 aromatic rings. The first-order chi connectivity index (χ1) is 8.97. The van der Waals surface area contributed by atoms with Crippen molar-refractivity contribution >= 4 is 17.5 Å². The van der Waals surface area contributed by atoms with Gasteiger partial charge in [-0.2, -0.15) is 0 Å². The SMILES string of the molecule is CC(CC(N)=O)NC(=O)CCOc1ccc(N)cc1. The summed E-state index contributed by atoms with van der Waals surface area (Å²) in [6.45, 7) is 1.99. The predicted octanol–water partition coefficient (Wildman–Crippen LogP) is 0.418. The fourth-order valence-electron chi connectivity index (χ4n) is 1.53. The Morgan fingerprint density at radius 1 is 1.32 bits per heavy atom. The summed E-state index contributed by atoms with van der Waals surface area (Å²) >= 11 is 0. The molecule has 0 saturated carbocycles. The van der Waals surface area contributed by atoms with Crippen molar-refractivity contribution in [1.29, 1.82) is 0 Å². The van der Waals surface area contributed by atoms with Gasteiger partial charge in [-0.15, -0.1) is 0 Å². The number of hydrogen-bond acceptors (Lipinski definition) is 4. The number of amides is 2. The zero-order valence-corrected chi connectivity index (χ0v) is 10.9. The van der Waals surface area contributed by atoms with Crippen LogP contribution in [0.4, 0.5) is 5.69 Å². The standard InChI is InChI=1S/C13H19N3O3/c1-9(8-12(15)17)16-13(18)6-7-19-11-4-2-10(14)3-5-11/h2-5,9H,6-8,14H2,1H3,(H2,15,17)(H,16,18). The predicted molar refractivity (Wildman–Crippen MR) is 72.4 cm³/mol. The third kappa shape index (κ3) is 6.30. The molecule has 0 heterocycles. The number of anilines is 1. The van der Waals surface area contributed by atoms with Gasteiger partial charge in [0.15, 0.2) is 0 Å². The van der Waals surface area contributed by atoms with Crippen molar-refractivity contribution in [3.05, 3.63) is 24.3 Å². The van der Waals surface area contributed by atoms with E-state index in [1.54, 1.807) is 31.2 Å². The molecular weight excluding hydrogens is 246 g/mol. The molecule has 6 heteroatoms. The number of nitrogen functional groups attached to an aromatic ring is 1. The molecule has 0 aliphatic rings. The summed E-state index contributed by atoms with van der Waals surface area (Å²) in [7, 11) is 0. The average molecular weight is 265 g/mol. The van der Waals surface area contributed by atoms with Gasteiger partial charge in [-0.1, -0.05) is 0 Å². The first kappa shape index (κ1) is 14.8. The summed E-state index contributed by atoms with van der Waals surface area (Å²) in [4.78, 5) is 22.2. The van der Waals surface area contributed by atoms with Gasteiger partial charge < -0.3 is 21.5 Å². The van der Waals surface area contributed by atoms with E-state index < -0.39 is 5.91 Å². The molecule has 0 bridgehead atoms. The normalized spacial score (nSPS) is 11.6. The van der Waals surface area contributed by atoms with Gasteiger partial charge in [0.2, 0.25) is 11.8 Å². The quantitative estimate of drug-likeness (QED) is 0.621. The highest BCUT2D eigenvalue weighted by atomic mass is 16.5. The Balaban J connectivity index is 2.23. The van der Waals surface area contributed by atoms with Crippen LogP contribution >= 0.6 is 0 Å². The lowest BCUT2D eigenvalue weighted by molar-refractivity contribution is -0.122. The largest absolute Gasteiger partial charge is 0.493 e. The zero-order valence-electron chi connectivity index (χ0n) is 10.9. The van der Waals surface area contributed by atoms with E-state index in [1.807, 2.05) is 0 Å². The van der Waals surface area contributed by atoms with Crippen molar-refractivity contribution in [1.82, 2.24) is 5.32 Å². The Labute approximate surface area is 112 Å². The number of nitrogens with two attached hydrogens (primary N) is 2. The van der Waals surface area contributed by atoms with Crippen LogP contribution in [-0.2, 0) is 9.59 Å². The maximum atomic E-state index is 11.5. The van der Waals surface area contributed by atoms with Gasteiger partial charge in [-0.05, 0) is 31.2 Å². The number of hydrogen-bond donors (Lipinski definition) is 3. The highest BCUT2D eigenvalue weighted by molar-refractivity contribution is 5.78.